The van der Waals surface area contributed by atoms with Gasteiger partial charge in [-0.3, -0.25) is 4.79 Å². The highest BCUT2D eigenvalue weighted by Crippen LogP contribution is 2.25. The van der Waals surface area contributed by atoms with Crippen LogP contribution in [0.3, 0.4) is 0 Å². The van der Waals surface area contributed by atoms with Gasteiger partial charge in [-0.05, 0) is 18.2 Å². The van der Waals surface area contributed by atoms with Crippen LogP contribution in [0.25, 0.3) is 0 Å². The number of hydrogen-bond acceptors (Lipinski definition) is 4. The van der Waals surface area contributed by atoms with Gasteiger partial charge in [0.15, 0.2) is 5.78 Å². The average molecular weight is 286 g/mol. The summed E-state index contributed by atoms with van der Waals surface area (Å²) >= 11 is 7.81. The zero-order valence-corrected chi connectivity index (χ0v) is 11.8. The van der Waals surface area contributed by atoms with Crippen molar-refractivity contribution >= 4 is 29.1 Å². The summed E-state index contributed by atoms with van der Waals surface area (Å²) in [5.41, 5.74) is 0.572. The molecule has 1 unspecified atom stereocenters. The molecule has 3 nitrogen and oxygen atoms in total. The number of nitrogens with one attached hydrogen (secondary N) is 1. The second-order valence-corrected chi connectivity index (χ2v) is 5.78. The van der Waals surface area contributed by atoms with Crippen LogP contribution in [-0.2, 0) is 0 Å². The van der Waals surface area contributed by atoms with E-state index in [0.29, 0.717) is 22.8 Å². The van der Waals surface area contributed by atoms with Crippen molar-refractivity contribution < 1.29 is 9.53 Å². The van der Waals surface area contributed by atoms with Gasteiger partial charge in [-0.1, -0.05) is 11.6 Å². The van der Waals surface area contributed by atoms with Gasteiger partial charge < -0.3 is 10.1 Å². The van der Waals surface area contributed by atoms with Crippen molar-refractivity contribution in [2.24, 2.45) is 0 Å². The van der Waals surface area contributed by atoms with E-state index < -0.39 is 0 Å². The first-order valence-corrected chi connectivity index (χ1v) is 7.42. The lowest BCUT2D eigenvalue weighted by molar-refractivity contribution is 0.0969. The lowest BCUT2D eigenvalue weighted by Crippen LogP contribution is -2.38. The molecule has 5 heteroatoms. The molecule has 1 heterocycles. The number of carbonyl (C=O) groups excluding carboxylic acids is 1. The summed E-state index contributed by atoms with van der Waals surface area (Å²) in [7, 11) is 1.56. The third-order valence-corrected chi connectivity index (χ3v) is 4.26. The van der Waals surface area contributed by atoms with Crippen LogP contribution >= 0.6 is 23.4 Å². The fourth-order valence-corrected chi connectivity index (χ4v) is 3.10. The minimum Gasteiger partial charge on any atom is -0.496 e. The van der Waals surface area contributed by atoms with E-state index in [1.165, 1.54) is 0 Å². The van der Waals surface area contributed by atoms with Crippen LogP contribution in [-0.4, -0.2) is 37.0 Å². The molecule has 1 aliphatic heterocycles. The maximum Gasteiger partial charge on any atom is 0.168 e. The van der Waals surface area contributed by atoms with Crippen molar-refractivity contribution in [1.29, 1.82) is 0 Å². The number of ketones is 1. The Balaban J connectivity index is 2.09. The van der Waals surface area contributed by atoms with Gasteiger partial charge in [0, 0.05) is 35.5 Å². The molecule has 0 aliphatic carbocycles. The summed E-state index contributed by atoms with van der Waals surface area (Å²) in [4.78, 5) is 12.3. The number of hydrogen-bond donors (Lipinski definition) is 1. The van der Waals surface area contributed by atoms with Crippen LogP contribution in [0.1, 0.15) is 16.8 Å². The first-order valence-electron chi connectivity index (χ1n) is 5.88. The SMILES string of the molecule is COc1ccc(Cl)cc1C(=O)CC1CSCCN1. The van der Waals surface area contributed by atoms with Gasteiger partial charge in [-0.15, -0.1) is 0 Å². The summed E-state index contributed by atoms with van der Waals surface area (Å²) in [6, 6.07) is 5.39. The minimum atomic E-state index is 0.0781. The first-order chi connectivity index (χ1) is 8.70. The molecule has 0 saturated carbocycles. The number of halogens is 1. The normalized spacial score (nSPS) is 19.6. The molecule has 1 aromatic rings. The molecule has 0 bridgehead atoms. The van der Waals surface area contributed by atoms with E-state index in [9.17, 15) is 4.79 Å². The number of Topliss-reactive ketones (excluding diaryl/α,β-unsaturated/α-hetero) is 1. The third kappa shape index (κ3) is 3.40. The smallest absolute Gasteiger partial charge is 0.168 e. The van der Waals surface area contributed by atoms with Gasteiger partial charge >= 0.3 is 0 Å². The molecule has 2 rings (SSSR count). The fraction of sp³-hybridized carbons (Fsp3) is 0.462. The van der Waals surface area contributed by atoms with E-state index in [-0.39, 0.29) is 11.8 Å². The van der Waals surface area contributed by atoms with Crippen molar-refractivity contribution in [3.8, 4) is 5.75 Å². The molecule has 98 valence electrons. The Morgan fingerprint density at radius 1 is 1.61 bits per heavy atom. The second-order valence-electron chi connectivity index (χ2n) is 4.20. The lowest BCUT2D eigenvalue weighted by atomic mass is 10.0. The van der Waals surface area contributed by atoms with E-state index in [1.807, 2.05) is 11.8 Å². The van der Waals surface area contributed by atoms with E-state index >= 15 is 0 Å². The van der Waals surface area contributed by atoms with E-state index in [0.717, 1.165) is 18.1 Å². The first kappa shape index (κ1) is 13.7. The number of carbonyl (C=O) groups is 1. The molecule has 1 atom stereocenters. The molecular formula is C13H16ClNO2S. The highest BCUT2D eigenvalue weighted by atomic mass is 35.5. The van der Waals surface area contributed by atoms with Crippen LogP contribution < -0.4 is 10.1 Å². The van der Waals surface area contributed by atoms with Gasteiger partial charge in [0.25, 0.3) is 0 Å². The molecule has 18 heavy (non-hydrogen) atoms. The number of benzene rings is 1. The van der Waals surface area contributed by atoms with Gasteiger partial charge in [0.05, 0.1) is 12.7 Å². The minimum absolute atomic E-state index is 0.0781. The maximum atomic E-state index is 12.3. The summed E-state index contributed by atoms with van der Waals surface area (Å²) in [6.07, 6.45) is 0.490. The fourth-order valence-electron chi connectivity index (χ4n) is 1.98. The highest BCUT2D eigenvalue weighted by Gasteiger charge is 2.20. The van der Waals surface area contributed by atoms with Gasteiger partial charge in [-0.25, -0.2) is 0 Å². The predicted molar refractivity (Wildman–Crippen MR) is 76.1 cm³/mol. The predicted octanol–water partition coefficient (Wildman–Crippen LogP) is 2.63. The zero-order chi connectivity index (χ0) is 13.0. The van der Waals surface area contributed by atoms with Crippen LogP contribution in [0.2, 0.25) is 5.02 Å². The molecule has 0 spiro atoms. The van der Waals surface area contributed by atoms with Crippen molar-refractivity contribution in [2.75, 3.05) is 25.2 Å². The topological polar surface area (TPSA) is 38.3 Å². The van der Waals surface area contributed by atoms with Gasteiger partial charge in [-0.2, -0.15) is 11.8 Å². The maximum absolute atomic E-state index is 12.3. The number of rotatable bonds is 4. The zero-order valence-electron chi connectivity index (χ0n) is 10.2. The Morgan fingerprint density at radius 2 is 2.44 bits per heavy atom. The van der Waals surface area contributed by atoms with Crippen molar-refractivity contribution in [3.05, 3.63) is 28.8 Å². The quantitative estimate of drug-likeness (QED) is 0.863. The Bertz CT molecular complexity index is 433. The molecule has 1 saturated heterocycles. The van der Waals surface area contributed by atoms with Crippen LogP contribution in [0.5, 0.6) is 5.75 Å². The third-order valence-electron chi connectivity index (χ3n) is 2.89. The molecule has 1 aromatic carbocycles. The number of ether oxygens (including phenoxy) is 1. The van der Waals surface area contributed by atoms with Crippen LogP contribution in [0.4, 0.5) is 0 Å². The average Bonchev–Trinajstić information content (AvgIpc) is 2.40. The van der Waals surface area contributed by atoms with Crippen molar-refractivity contribution in [3.63, 3.8) is 0 Å². The Kier molecular flexibility index (Phi) is 4.92. The number of methoxy groups -OCH3 is 1. The lowest BCUT2D eigenvalue weighted by Gasteiger charge is -2.22. The summed E-state index contributed by atoms with van der Waals surface area (Å²) in [5.74, 6) is 2.77. The standard InChI is InChI=1S/C13H16ClNO2S/c1-17-13-3-2-9(14)6-11(13)12(16)7-10-8-18-5-4-15-10/h2-3,6,10,15H,4-5,7-8H2,1H3. The largest absolute Gasteiger partial charge is 0.496 e. The summed E-state index contributed by atoms with van der Waals surface area (Å²) in [5, 5.41) is 3.92. The molecule has 0 amide bonds. The monoisotopic (exact) mass is 285 g/mol. The molecule has 0 aromatic heterocycles. The van der Waals surface area contributed by atoms with Crippen molar-refractivity contribution in [1.82, 2.24) is 5.32 Å². The Labute approximate surface area is 116 Å². The number of thioether (sulfide) groups is 1. The molecule has 1 aliphatic rings. The molecule has 0 radical (unpaired) electrons. The summed E-state index contributed by atoms with van der Waals surface area (Å²) in [6.45, 7) is 0.968. The second kappa shape index (κ2) is 6.45. The van der Waals surface area contributed by atoms with Crippen LogP contribution in [0.15, 0.2) is 18.2 Å². The molecule has 1 fully saturated rings. The van der Waals surface area contributed by atoms with Gasteiger partial charge in [0.2, 0.25) is 0 Å². The highest BCUT2D eigenvalue weighted by molar-refractivity contribution is 7.99. The van der Waals surface area contributed by atoms with Gasteiger partial charge in [0.1, 0.15) is 5.75 Å². The van der Waals surface area contributed by atoms with Crippen LogP contribution in [0, 0.1) is 0 Å². The Hall–Kier alpha value is -0.710. The Morgan fingerprint density at radius 3 is 3.11 bits per heavy atom. The van der Waals surface area contributed by atoms with E-state index in [1.54, 1.807) is 25.3 Å². The summed E-state index contributed by atoms with van der Waals surface area (Å²) < 4.78 is 5.21. The molecule has 1 N–H and O–H groups in total. The van der Waals surface area contributed by atoms with E-state index in [4.69, 9.17) is 16.3 Å². The molecular weight excluding hydrogens is 270 g/mol. The van der Waals surface area contributed by atoms with Crippen molar-refractivity contribution in [2.45, 2.75) is 12.5 Å². The van der Waals surface area contributed by atoms with E-state index in [2.05, 4.69) is 5.32 Å².